The first kappa shape index (κ1) is 26.5. The highest BCUT2D eigenvalue weighted by atomic mass is 35.5. The van der Waals surface area contributed by atoms with Crippen LogP contribution in [0.5, 0.6) is 5.88 Å². The molecular formula is C25H40ClN5O3. The Kier molecular flexibility index (Phi) is 9.04. The molecule has 4 bridgehead atoms. The Morgan fingerprint density at radius 3 is 2.44 bits per heavy atom. The summed E-state index contributed by atoms with van der Waals surface area (Å²) in [7, 11) is 0. The maximum atomic E-state index is 13.3. The van der Waals surface area contributed by atoms with Crippen LogP contribution in [0.1, 0.15) is 63.2 Å². The zero-order valence-electron chi connectivity index (χ0n) is 20.6. The van der Waals surface area contributed by atoms with Crippen LogP contribution in [0.3, 0.4) is 0 Å². The summed E-state index contributed by atoms with van der Waals surface area (Å²) >= 11 is 0. The van der Waals surface area contributed by atoms with Gasteiger partial charge in [0.2, 0.25) is 11.8 Å². The van der Waals surface area contributed by atoms with E-state index in [9.17, 15) is 9.59 Å². The van der Waals surface area contributed by atoms with Crippen molar-refractivity contribution in [2.75, 3.05) is 19.7 Å². The van der Waals surface area contributed by atoms with Crippen LogP contribution in [0.4, 0.5) is 0 Å². The highest BCUT2D eigenvalue weighted by Gasteiger charge is 2.48. The molecule has 9 heteroatoms. The quantitative estimate of drug-likeness (QED) is 0.434. The van der Waals surface area contributed by atoms with Gasteiger partial charge in [-0.3, -0.25) is 9.59 Å². The van der Waals surface area contributed by atoms with Gasteiger partial charge >= 0.3 is 0 Å². The second kappa shape index (κ2) is 11.6. The Bertz CT molecular complexity index is 869. The van der Waals surface area contributed by atoms with Gasteiger partial charge in [-0.25, -0.2) is 4.68 Å². The van der Waals surface area contributed by atoms with E-state index >= 15 is 0 Å². The number of aromatic nitrogens is 2. The van der Waals surface area contributed by atoms with Crippen molar-refractivity contribution in [1.82, 2.24) is 20.4 Å². The van der Waals surface area contributed by atoms with Crippen LogP contribution >= 0.6 is 12.4 Å². The topological polar surface area (TPSA) is 111 Å². The first-order valence-electron chi connectivity index (χ1n) is 12.5. The van der Waals surface area contributed by atoms with Gasteiger partial charge in [-0.15, -0.1) is 12.4 Å². The molecule has 2 amide bonds. The van der Waals surface area contributed by atoms with Crippen molar-refractivity contribution in [2.45, 2.75) is 65.5 Å². The number of halogens is 1. The van der Waals surface area contributed by atoms with E-state index in [0.717, 1.165) is 11.8 Å². The number of rotatable bonds is 10. The fraction of sp³-hybridized carbons (Fsp3) is 0.720. The molecule has 4 N–H and O–H groups in total. The maximum Gasteiger partial charge on any atom is 0.258 e. The number of allylic oxidation sites excluding steroid dienone is 1. The Balaban J connectivity index is 0.00000324. The van der Waals surface area contributed by atoms with Crippen LogP contribution in [0, 0.1) is 29.6 Å². The molecule has 0 atom stereocenters. The molecule has 0 spiro atoms. The lowest BCUT2D eigenvalue weighted by Gasteiger charge is -2.54. The van der Waals surface area contributed by atoms with E-state index in [0.29, 0.717) is 61.0 Å². The number of ether oxygens (including phenoxy) is 1. The summed E-state index contributed by atoms with van der Waals surface area (Å²) in [6.45, 7) is 7.56. The van der Waals surface area contributed by atoms with Crippen LogP contribution in [-0.2, 0) is 11.3 Å². The molecule has 34 heavy (non-hydrogen) atoms. The largest absolute Gasteiger partial charge is 0.477 e. The summed E-state index contributed by atoms with van der Waals surface area (Å²) in [5.74, 6) is 3.48. The zero-order valence-corrected chi connectivity index (χ0v) is 21.4. The molecule has 0 saturated heterocycles. The zero-order chi connectivity index (χ0) is 23.5. The second-order valence-corrected chi connectivity index (χ2v) is 10.6. The van der Waals surface area contributed by atoms with Crippen LogP contribution < -0.4 is 21.1 Å². The van der Waals surface area contributed by atoms with Gasteiger partial charge in [0.15, 0.2) is 0 Å². The molecule has 4 aliphatic carbocycles. The number of hydrogen-bond acceptors (Lipinski definition) is 5. The highest BCUT2D eigenvalue weighted by Crippen LogP contribution is 2.53. The normalized spacial score (nSPS) is 27.4. The predicted octanol–water partition coefficient (Wildman–Crippen LogP) is 2.92. The van der Waals surface area contributed by atoms with E-state index in [1.807, 2.05) is 0 Å². The number of carbonyl (C=O) groups excluding carboxylic acids is 2. The van der Waals surface area contributed by atoms with E-state index in [1.54, 1.807) is 23.9 Å². The third kappa shape index (κ3) is 5.95. The summed E-state index contributed by atoms with van der Waals surface area (Å²) < 4.78 is 7.71. The third-order valence-corrected chi connectivity index (χ3v) is 7.47. The van der Waals surface area contributed by atoms with Crippen molar-refractivity contribution < 1.29 is 14.3 Å². The van der Waals surface area contributed by atoms with Crippen molar-refractivity contribution in [1.29, 1.82) is 0 Å². The third-order valence-electron chi connectivity index (χ3n) is 7.47. The summed E-state index contributed by atoms with van der Waals surface area (Å²) in [6, 6.07) is 0.264. The summed E-state index contributed by atoms with van der Waals surface area (Å²) in [5, 5.41) is 10.5. The lowest BCUT2D eigenvalue weighted by atomic mass is 9.54. The van der Waals surface area contributed by atoms with Crippen LogP contribution in [0.2, 0.25) is 0 Å². The first-order chi connectivity index (χ1) is 15.9. The Morgan fingerprint density at radius 2 is 1.85 bits per heavy atom. The molecule has 1 aromatic heterocycles. The number of nitrogens with zero attached hydrogens (tertiary/aromatic N) is 2. The summed E-state index contributed by atoms with van der Waals surface area (Å²) in [5.41, 5.74) is 6.51. The van der Waals surface area contributed by atoms with Gasteiger partial charge in [0.1, 0.15) is 5.56 Å². The average Bonchev–Trinajstić information content (AvgIpc) is 3.19. The SMILES string of the molecule is C/C(=C\Cn1ncc(C(=O)NC2C3CC4CC(C3)CC2C4)c1OCC(C)C)C(=O)NCCN.Cl. The van der Waals surface area contributed by atoms with Gasteiger partial charge in [-0.05, 0) is 68.6 Å². The average molecular weight is 494 g/mol. The smallest absolute Gasteiger partial charge is 0.258 e. The fourth-order valence-corrected chi connectivity index (χ4v) is 6.09. The van der Waals surface area contributed by atoms with E-state index in [1.165, 1.54) is 32.1 Å². The maximum absolute atomic E-state index is 13.3. The van der Waals surface area contributed by atoms with Crippen LogP contribution in [0.15, 0.2) is 17.8 Å². The standard InChI is InChI=1S/C25H39N5O3.ClH/c1-15(2)14-33-25-21(13-28-30(25)7-4-16(3)23(31)27-6-5-26)24(32)29-22-19-9-17-8-18(11-19)12-20(22)10-17;/h4,13,15,17-20,22H,5-12,14,26H2,1-3H3,(H,27,31)(H,29,32);1H/b16-4+;. The molecule has 4 aliphatic rings. The van der Waals surface area contributed by atoms with Crippen molar-refractivity contribution in [3.8, 4) is 5.88 Å². The Hall–Kier alpha value is -2.06. The van der Waals surface area contributed by atoms with Crippen molar-refractivity contribution in [3.05, 3.63) is 23.4 Å². The van der Waals surface area contributed by atoms with E-state index in [4.69, 9.17) is 10.5 Å². The first-order valence-corrected chi connectivity index (χ1v) is 12.5. The minimum absolute atomic E-state index is 0. The van der Waals surface area contributed by atoms with Gasteiger partial charge in [0, 0.05) is 24.7 Å². The van der Waals surface area contributed by atoms with E-state index in [2.05, 4.69) is 29.6 Å². The predicted molar refractivity (Wildman–Crippen MR) is 134 cm³/mol. The van der Waals surface area contributed by atoms with Gasteiger partial charge in [0.25, 0.3) is 5.91 Å². The Labute approximate surface area is 208 Å². The van der Waals surface area contributed by atoms with Gasteiger partial charge < -0.3 is 21.1 Å². The number of nitrogens with one attached hydrogen (secondary N) is 2. The molecule has 4 saturated carbocycles. The molecule has 5 rings (SSSR count). The molecule has 1 heterocycles. The lowest BCUT2D eigenvalue weighted by molar-refractivity contribution is -0.117. The van der Waals surface area contributed by atoms with Gasteiger partial charge in [-0.2, -0.15) is 5.10 Å². The highest BCUT2D eigenvalue weighted by molar-refractivity contribution is 5.96. The van der Waals surface area contributed by atoms with E-state index < -0.39 is 0 Å². The minimum Gasteiger partial charge on any atom is -0.477 e. The van der Waals surface area contributed by atoms with Crippen molar-refractivity contribution in [2.24, 2.45) is 35.3 Å². The number of carbonyl (C=O) groups is 2. The molecule has 0 unspecified atom stereocenters. The van der Waals surface area contributed by atoms with Crippen LogP contribution in [-0.4, -0.2) is 47.3 Å². The fourth-order valence-electron chi connectivity index (χ4n) is 6.09. The molecule has 190 valence electrons. The summed E-state index contributed by atoms with van der Waals surface area (Å²) in [6.07, 6.45) is 9.80. The molecule has 4 fully saturated rings. The number of amides is 2. The van der Waals surface area contributed by atoms with Crippen molar-refractivity contribution in [3.63, 3.8) is 0 Å². The monoisotopic (exact) mass is 493 g/mol. The molecular weight excluding hydrogens is 454 g/mol. The molecule has 0 radical (unpaired) electrons. The number of hydrogen-bond donors (Lipinski definition) is 3. The lowest BCUT2D eigenvalue weighted by Crippen LogP contribution is -2.55. The van der Waals surface area contributed by atoms with E-state index in [-0.39, 0.29) is 30.3 Å². The second-order valence-electron chi connectivity index (χ2n) is 10.6. The van der Waals surface area contributed by atoms with Crippen LogP contribution in [0.25, 0.3) is 0 Å². The molecule has 0 aliphatic heterocycles. The van der Waals surface area contributed by atoms with Crippen molar-refractivity contribution >= 4 is 24.2 Å². The number of nitrogens with two attached hydrogens (primary N) is 1. The molecule has 0 aromatic carbocycles. The molecule has 8 nitrogen and oxygen atoms in total. The van der Waals surface area contributed by atoms with Gasteiger partial charge in [-0.1, -0.05) is 19.9 Å². The molecule has 1 aromatic rings. The summed E-state index contributed by atoms with van der Waals surface area (Å²) in [4.78, 5) is 25.5. The minimum atomic E-state index is -0.155. The van der Waals surface area contributed by atoms with Gasteiger partial charge in [0.05, 0.1) is 19.3 Å². The Morgan fingerprint density at radius 1 is 1.21 bits per heavy atom.